The van der Waals surface area contributed by atoms with Crippen molar-refractivity contribution in [1.82, 2.24) is 29.1 Å². The third-order valence-corrected chi connectivity index (χ3v) is 3.44. The number of aromatic nitrogens is 6. The van der Waals surface area contributed by atoms with Gasteiger partial charge in [0, 0.05) is 26.0 Å². The maximum atomic E-state index is 5.99. The normalized spacial score (nSPS) is 11.5. The summed E-state index contributed by atoms with van der Waals surface area (Å²) in [5, 5.41) is 8.61. The fraction of sp³-hybridized carbons (Fsp3) is 0.417. The Kier molecular flexibility index (Phi) is 3.02. The minimum absolute atomic E-state index is 0.396. The smallest absolute Gasteiger partial charge is 0.158 e. The SMILES string of the molecule is Cc1nn(C)c2c1nc(CCl)n2CCn1cccn1. The van der Waals surface area contributed by atoms with Gasteiger partial charge in [-0.15, -0.1) is 11.6 Å². The number of halogens is 1. The second-order valence-corrected chi connectivity index (χ2v) is 4.73. The van der Waals surface area contributed by atoms with Crippen LogP contribution in [0.4, 0.5) is 0 Å². The van der Waals surface area contributed by atoms with Gasteiger partial charge in [0.1, 0.15) is 11.3 Å². The van der Waals surface area contributed by atoms with Crippen molar-refractivity contribution >= 4 is 22.8 Å². The van der Waals surface area contributed by atoms with E-state index in [4.69, 9.17) is 11.6 Å². The van der Waals surface area contributed by atoms with Crippen LogP contribution in [0.25, 0.3) is 11.2 Å². The van der Waals surface area contributed by atoms with Crippen LogP contribution >= 0.6 is 11.6 Å². The molecule has 3 aromatic rings. The Labute approximate surface area is 115 Å². The summed E-state index contributed by atoms with van der Waals surface area (Å²) in [4.78, 5) is 4.57. The number of nitrogens with zero attached hydrogens (tertiary/aromatic N) is 6. The third kappa shape index (κ3) is 2.02. The zero-order chi connectivity index (χ0) is 13.4. The highest BCUT2D eigenvalue weighted by molar-refractivity contribution is 6.16. The average molecular weight is 279 g/mol. The number of fused-ring (bicyclic) bond motifs is 1. The summed E-state index contributed by atoms with van der Waals surface area (Å²) in [6.45, 7) is 3.52. The van der Waals surface area contributed by atoms with Crippen molar-refractivity contribution in [2.45, 2.75) is 25.9 Å². The summed E-state index contributed by atoms with van der Waals surface area (Å²) in [6, 6.07) is 1.92. The summed E-state index contributed by atoms with van der Waals surface area (Å²) in [7, 11) is 1.93. The van der Waals surface area contributed by atoms with E-state index in [1.54, 1.807) is 6.20 Å². The average Bonchev–Trinajstić information content (AvgIpc) is 3.07. The highest BCUT2D eigenvalue weighted by atomic mass is 35.5. The maximum absolute atomic E-state index is 5.99. The fourth-order valence-corrected chi connectivity index (χ4v) is 2.56. The molecule has 19 heavy (non-hydrogen) atoms. The van der Waals surface area contributed by atoms with Gasteiger partial charge in [0.25, 0.3) is 0 Å². The van der Waals surface area contributed by atoms with E-state index in [0.29, 0.717) is 5.88 Å². The van der Waals surface area contributed by atoms with E-state index < -0.39 is 0 Å². The molecule has 0 aromatic carbocycles. The molecule has 0 spiro atoms. The molecular weight excluding hydrogens is 264 g/mol. The lowest BCUT2D eigenvalue weighted by molar-refractivity contribution is 0.525. The molecule has 0 saturated heterocycles. The molecule has 3 heterocycles. The van der Waals surface area contributed by atoms with Crippen LogP contribution in [0.2, 0.25) is 0 Å². The van der Waals surface area contributed by atoms with Crippen LogP contribution in [-0.4, -0.2) is 29.1 Å². The summed E-state index contributed by atoms with van der Waals surface area (Å²) in [5.41, 5.74) is 2.88. The molecule has 6 nitrogen and oxygen atoms in total. The highest BCUT2D eigenvalue weighted by Gasteiger charge is 2.16. The van der Waals surface area contributed by atoms with Crippen LogP contribution in [0.3, 0.4) is 0 Å². The predicted molar refractivity (Wildman–Crippen MR) is 73.0 cm³/mol. The second-order valence-electron chi connectivity index (χ2n) is 4.46. The molecule has 0 aliphatic rings. The monoisotopic (exact) mass is 278 g/mol. The van der Waals surface area contributed by atoms with Crippen molar-refractivity contribution < 1.29 is 0 Å². The van der Waals surface area contributed by atoms with E-state index >= 15 is 0 Å². The van der Waals surface area contributed by atoms with Crippen molar-refractivity contribution in [2.24, 2.45) is 7.05 Å². The zero-order valence-corrected chi connectivity index (χ0v) is 11.7. The van der Waals surface area contributed by atoms with E-state index in [1.165, 1.54) is 0 Å². The fourth-order valence-electron chi connectivity index (χ4n) is 2.35. The first kappa shape index (κ1) is 12.2. The molecule has 0 aliphatic carbocycles. The van der Waals surface area contributed by atoms with E-state index in [2.05, 4.69) is 19.7 Å². The molecule has 100 valence electrons. The molecule has 0 radical (unpaired) electrons. The zero-order valence-electron chi connectivity index (χ0n) is 10.9. The van der Waals surface area contributed by atoms with Gasteiger partial charge in [-0.05, 0) is 13.0 Å². The Morgan fingerprint density at radius 1 is 1.32 bits per heavy atom. The lowest BCUT2D eigenvalue weighted by Crippen LogP contribution is -2.12. The number of rotatable bonds is 4. The Morgan fingerprint density at radius 3 is 2.84 bits per heavy atom. The largest absolute Gasteiger partial charge is 0.310 e. The first-order valence-electron chi connectivity index (χ1n) is 6.13. The van der Waals surface area contributed by atoms with E-state index in [-0.39, 0.29) is 0 Å². The summed E-state index contributed by atoms with van der Waals surface area (Å²) >= 11 is 5.99. The van der Waals surface area contributed by atoms with Gasteiger partial charge in [0.2, 0.25) is 0 Å². The van der Waals surface area contributed by atoms with E-state index in [1.807, 2.05) is 35.6 Å². The number of hydrogen-bond donors (Lipinski definition) is 0. The molecule has 0 unspecified atom stereocenters. The second kappa shape index (κ2) is 4.70. The van der Waals surface area contributed by atoms with Crippen LogP contribution in [-0.2, 0) is 26.0 Å². The highest BCUT2D eigenvalue weighted by Crippen LogP contribution is 2.20. The number of alkyl halides is 1. The summed E-state index contributed by atoms with van der Waals surface area (Å²) in [5.74, 6) is 1.27. The molecule has 0 bridgehead atoms. The van der Waals surface area contributed by atoms with Crippen molar-refractivity contribution in [2.75, 3.05) is 0 Å². The third-order valence-electron chi connectivity index (χ3n) is 3.20. The summed E-state index contributed by atoms with van der Waals surface area (Å²) in [6.07, 6.45) is 3.73. The molecule has 0 N–H and O–H groups in total. The molecule has 0 amide bonds. The molecule has 3 aromatic heterocycles. The number of hydrogen-bond acceptors (Lipinski definition) is 3. The Hall–Kier alpha value is -1.82. The van der Waals surface area contributed by atoms with Crippen molar-refractivity contribution in [3.05, 3.63) is 30.0 Å². The topological polar surface area (TPSA) is 53.5 Å². The predicted octanol–water partition coefficient (Wildman–Crippen LogP) is 1.71. The number of aryl methyl sites for hydroxylation is 4. The molecule has 0 aliphatic heterocycles. The summed E-state index contributed by atoms with van der Waals surface area (Å²) < 4.78 is 5.87. The van der Waals surface area contributed by atoms with Crippen molar-refractivity contribution in [3.8, 4) is 0 Å². The molecule has 0 fully saturated rings. The van der Waals surface area contributed by atoms with Crippen LogP contribution in [0.5, 0.6) is 0 Å². The minimum atomic E-state index is 0.396. The van der Waals surface area contributed by atoms with Gasteiger partial charge in [0.15, 0.2) is 5.65 Å². The van der Waals surface area contributed by atoms with Crippen LogP contribution in [0.15, 0.2) is 18.5 Å². The van der Waals surface area contributed by atoms with Crippen molar-refractivity contribution in [3.63, 3.8) is 0 Å². The van der Waals surface area contributed by atoms with Gasteiger partial charge in [-0.3, -0.25) is 9.36 Å². The van der Waals surface area contributed by atoms with Gasteiger partial charge < -0.3 is 4.57 Å². The van der Waals surface area contributed by atoms with Crippen LogP contribution in [0, 0.1) is 6.92 Å². The van der Waals surface area contributed by atoms with E-state index in [9.17, 15) is 0 Å². The van der Waals surface area contributed by atoms with Gasteiger partial charge in [-0.1, -0.05) is 0 Å². The molecule has 0 atom stereocenters. The van der Waals surface area contributed by atoms with Gasteiger partial charge in [0.05, 0.1) is 18.1 Å². The first-order valence-corrected chi connectivity index (χ1v) is 6.66. The molecule has 7 heteroatoms. The lowest BCUT2D eigenvalue weighted by Gasteiger charge is -2.08. The van der Waals surface area contributed by atoms with E-state index in [0.717, 1.165) is 35.8 Å². The molecular formula is C12H15ClN6. The van der Waals surface area contributed by atoms with Crippen LogP contribution < -0.4 is 0 Å². The van der Waals surface area contributed by atoms with Crippen molar-refractivity contribution in [1.29, 1.82) is 0 Å². The van der Waals surface area contributed by atoms with Crippen LogP contribution in [0.1, 0.15) is 11.5 Å². The quantitative estimate of drug-likeness (QED) is 0.683. The minimum Gasteiger partial charge on any atom is -0.310 e. The van der Waals surface area contributed by atoms with Gasteiger partial charge in [-0.2, -0.15) is 10.2 Å². The van der Waals surface area contributed by atoms with Gasteiger partial charge in [-0.25, -0.2) is 4.98 Å². The van der Waals surface area contributed by atoms with Gasteiger partial charge >= 0.3 is 0 Å². The first-order chi connectivity index (χ1) is 9.20. The Morgan fingerprint density at radius 2 is 2.16 bits per heavy atom. The molecule has 3 rings (SSSR count). The number of imidazole rings is 1. The maximum Gasteiger partial charge on any atom is 0.158 e. The Bertz CT molecular complexity index is 694. The standard InChI is InChI=1S/C12H15ClN6/c1-9-11-12(17(2)16-9)19(10(8-13)15-11)7-6-18-5-3-4-14-18/h3-5H,6-8H2,1-2H3. The molecule has 0 saturated carbocycles. The Balaban J connectivity index is 2.00. The lowest BCUT2D eigenvalue weighted by atomic mass is 10.4.